The first-order valence-corrected chi connectivity index (χ1v) is 5.68. The molecule has 0 bridgehead atoms. The molecule has 1 fully saturated rings. The predicted octanol–water partition coefficient (Wildman–Crippen LogP) is 2.64. The second-order valence-corrected chi connectivity index (χ2v) is 3.93. The van der Waals surface area contributed by atoms with Gasteiger partial charge >= 0.3 is 0 Å². The van der Waals surface area contributed by atoms with Crippen LogP contribution in [0.3, 0.4) is 0 Å². The lowest BCUT2D eigenvalue weighted by atomic mass is 10.2. The largest absolute Gasteiger partial charge is 0.353 e. The molecule has 3 heteroatoms. The Kier molecular flexibility index (Phi) is 4.08. The Hall–Kier alpha value is -1.19. The minimum atomic E-state index is -0.0609. The van der Waals surface area contributed by atoms with Gasteiger partial charge in [0.1, 0.15) is 0 Å². The molecule has 1 aromatic heterocycles. The molecule has 3 nitrogen and oxygen atoms in total. The number of rotatable bonds is 4. The fraction of sp³-hybridized carbons (Fsp3) is 0.462. The molecule has 0 radical (unpaired) electrons. The Morgan fingerprint density at radius 3 is 3.12 bits per heavy atom. The fourth-order valence-corrected chi connectivity index (χ4v) is 1.68. The van der Waals surface area contributed by atoms with Crippen LogP contribution in [0.1, 0.15) is 25.0 Å². The molecule has 86 valence electrons. The monoisotopic (exact) mass is 219 g/mol. The van der Waals surface area contributed by atoms with Crippen molar-refractivity contribution in [2.45, 2.75) is 25.6 Å². The molecule has 1 aliphatic rings. The first-order valence-electron chi connectivity index (χ1n) is 5.68. The summed E-state index contributed by atoms with van der Waals surface area (Å²) in [6.07, 6.45) is 5.00. The van der Waals surface area contributed by atoms with Gasteiger partial charge in [-0.25, -0.2) is 0 Å². The molecular formula is C13H17NO2. The summed E-state index contributed by atoms with van der Waals surface area (Å²) < 4.78 is 11.1. The first-order chi connectivity index (χ1) is 7.86. The third-order valence-corrected chi connectivity index (χ3v) is 2.61. The van der Waals surface area contributed by atoms with Crippen LogP contribution in [-0.4, -0.2) is 24.5 Å². The van der Waals surface area contributed by atoms with Crippen LogP contribution in [0.5, 0.6) is 0 Å². The highest BCUT2D eigenvalue weighted by atomic mass is 16.7. The summed E-state index contributed by atoms with van der Waals surface area (Å²) in [6.45, 7) is 5.26. The van der Waals surface area contributed by atoms with Gasteiger partial charge in [0.2, 0.25) is 0 Å². The van der Waals surface area contributed by atoms with E-state index in [0.29, 0.717) is 6.61 Å². The molecule has 0 saturated carbocycles. The second-order valence-electron chi connectivity index (χ2n) is 3.93. The van der Waals surface area contributed by atoms with Crippen LogP contribution in [0.15, 0.2) is 31.0 Å². The summed E-state index contributed by atoms with van der Waals surface area (Å²) >= 11 is 0. The zero-order valence-corrected chi connectivity index (χ0v) is 9.39. The van der Waals surface area contributed by atoms with E-state index in [0.717, 1.165) is 30.7 Å². The van der Waals surface area contributed by atoms with Gasteiger partial charge in [0.25, 0.3) is 0 Å². The van der Waals surface area contributed by atoms with Gasteiger partial charge in [-0.1, -0.05) is 12.6 Å². The van der Waals surface area contributed by atoms with E-state index in [-0.39, 0.29) is 6.29 Å². The average Bonchev–Trinajstić information content (AvgIpc) is 2.38. The Morgan fingerprint density at radius 2 is 2.44 bits per heavy atom. The predicted molar refractivity (Wildman–Crippen MR) is 62.8 cm³/mol. The van der Waals surface area contributed by atoms with Crippen LogP contribution in [0, 0.1) is 0 Å². The molecule has 1 atom stereocenters. The van der Waals surface area contributed by atoms with Gasteiger partial charge in [0.15, 0.2) is 6.29 Å². The molecule has 0 aliphatic carbocycles. The van der Waals surface area contributed by atoms with Crippen molar-refractivity contribution in [3.8, 4) is 0 Å². The summed E-state index contributed by atoms with van der Waals surface area (Å²) in [7, 11) is 0. The van der Waals surface area contributed by atoms with Crippen LogP contribution in [0.2, 0.25) is 0 Å². The summed E-state index contributed by atoms with van der Waals surface area (Å²) in [5.41, 5.74) is 1.79. The zero-order valence-electron chi connectivity index (χ0n) is 9.39. The smallest absolute Gasteiger partial charge is 0.158 e. The van der Waals surface area contributed by atoms with Crippen molar-refractivity contribution < 1.29 is 9.47 Å². The number of hydrogen-bond donors (Lipinski definition) is 0. The molecular weight excluding hydrogens is 202 g/mol. The summed E-state index contributed by atoms with van der Waals surface area (Å²) in [5, 5.41) is 0. The number of pyridine rings is 1. The van der Waals surface area contributed by atoms with E-state index in [1.54, 1.807) is 6.20 Å². The second kappa shape index (κ2) is 5.77. The molecule has 2 rings (SSSR count). The number of ether oxygens (including phenoxy) is 2. The van der Waals surface area contributed by atoms with Crippen molar-refractivity contribution in [2.24, 2.45) is 0 Å². The van der Waals surface area contributed by atoms with E-state index >= 15 is 0 Å². The first kappa shape index (κ1) is 11.3. The fourth-order valence-electron chi connectivity index (χ4n) is 1.68. The molecule has 0 N–H and O–H groups in total. The van der Waals surface area contributed by atoms with Crippen LogP contribution < -0.4 is 0 Å². The molecule has 1 unspecified atom stereocenters. The molecule has 1 aliphatic heterocycles. The normalized spacial score (nSPS) is 20.6. The Labute approximate surface area is 96.1 Å². The maximum absolute atomic E-state index is 5.64. The van der Waals surface area contributed by atoms with Crippen molar-refractivity contribution >= 4 is 5.57 Å². The van der Waals surface area contributed by atoms with E-state index in [9.17, 15) is 0 Å². The zero-order chi connectivity index (χ0) is 11.2. The summed E-state index contributed by atoms with van der Waals surface area (Å²) in [4.78, 5) is 4.22. The third kappa shape index (κ3) is 3.15. The van der Waals surface area contributed by atoms with Gasteiger partial charge < -0.3 is 9.47 Å². The van der Waals surface area contributed by atoms with Crippen LogP contribution in [0.25, 0.3) is 5.57 Å². The molecule has 16 heavy (non-hydrogen) atoms. The summed E-state index contributed by atoms with van der Waals surface area (Å²) in [5.74, 6) is 0. The van der Waals surface area contributed by atoms with Gasteiger partial charge in [-0.15, -0.1) is 0 Å². The number of aromatic nitrogens is 1. The average molecular weight is 219 g/mol. The molecule has 0 aromatic carbocycles. The highest BCUT2D eigenvalue weighted by molar-refractivity contribution is 5.60. The number of hydrogen-bond acceptors (Lipinski definition) is 3. The van der Waals surface area contributed by atoms with Crippen LogP contribution in [-0.2, 0) is 9.47 Å². The highest BCUT2D eigenvalue weighted by Crippen LogP contribution is 2.16. The van der Waals surface area contributed by atoms with Crippen molar-refractivity contribution in [3.63, 3.8) is 0 Å². The van der Waals surface area contributed by atoms with Crippen molar-refractivity contribution in [1.82, 2.24) is 4.98 Å². The van der Waals surface area contributed by atoms with Crippen molar-refractivity contribution in [3.05, 3.63) is 36.7 Å². The Bertz CT molecular complexity index is 331. The Balaban J connectivity index is 1.79. The molecule has 1 aromatic rings. The number of nitrogens with zero attached hydrogens (tertiary/aromatic N) is 1. The van der Waals surface area contributed by atoms with Gasteiger partial charge in [0.05, 0.1) is 12.3 Å². The quantitative estimate of drug-likeness (QED) is 0.780. The minimum Gasteiger partial charge on any atom is -0.353 e. The van der Waals surface area contributed by atoms with E-state index in [1.807, 2.05) is 18.2 Å². The van der Waals surface area contributed by atoms with Crippen molar-refractivity contribution in [1.29, 1.82) is 0 Å². The minimum absolute atomic E-state index is 0.0609. The Morgan fingerprint density at radius 1 is 1.50 bits per heavy atom. The van der Waals surface area contributed by atoms with E-state index in [4.69, 9.17) is 9.47 Å². The van der Waals surface area contributed by atoms with Crippen molar-refractivity contribution in [2.75, 3.05) is 13.2 Å². The van der Waals surface area contributed by atoms with Gasteiger partial charge in [0, 0.05) is 12.8 Å². The van der Waals surface area contributed by atoms with Crippen LogP contribution in [0.4, 0.5) is 0 Å². The van der Waals surface area contributed by atoms with Crippen LogP contribution >= 0.6 is 0 Å². The summed E-state index contributed by atoms with van der Waals surface area (Å²) in [6, 6.07) is 5.78. The SMILES string of the molecule is C=C(COC1CCCCO1)c1ccccn1. The van der Waals surface area contributed by atoms with E-state index in [1.165, 1.54) is 6.42 Å². The molecule has 2 heterocycles. The molecule has 0 spiro atoms. The topological polar surface area (TPSA) is 31.4 Å². The lowest BCUT2D eigenvalue weighted by Gasteiger charge is -2.22. The van der Waals surface area contributed by atoms with Gasteiger partial charge in [-0.05, 0) is 37.0 Å². The highest BCUT2D eigenvalue weighted by Gasteiger charge is 2.14. The van der Waals surface area contributed by atoms with Gasteiger partial charge in [-0.2, -0.15) is 0 Å². The molecule has 1 saturated heterocycles. The third-order valence-electron chi connectivity index (χ3n) is 2.61. The standard InChI is InChI=1S/C13H17NO2/c1-11(12-6-2-4-8-14-12)10-16-13-7-3-5-9-15-13/h2,4,6,8,13H,1,3,5,7,9-10H2. The lowest BCUT2D eigenvalue weighted by Crippen LogP contribution is -2.22. The maximum atomic E-state index is 5.64. The lowest BCUT2D eigenvalue weighted by molar-refractivity contribution is -0.154. The van der Waals surface area contributed by atoms with Gasteiger partial charge in [-0.3, -0.25) is 4.98 Å². The van der Waals surface area contributed by atoms with E-state index < -0.39 is 0 Å². The van der Waals surface area contributed by atoms with E-state index in [2.05, 4.69) is 11.6 Å². The maximum Gasteiger partial charge on any atom is 0.158 e. The molecule has 0 amide bonds.